The van der Waals surface area contributed by atoms with Crippen LogP contribution < -0.4 is 4.90 Å². The zero-order valence-electron chi connectivity index (χ0n) is 9.89. The molecule has 3 nitrogen and oxygen atoms in total. The molecule has 0 spiro atoms. The highest BCUT2D eigenvalue weighted by Crippen LogP contribution is 2.21. The minimum atomic E-state index is 0.406. The Bertz CT molecular complexity index is 479. The molecule has 0 N–H and O–H groups in total. The van der Waals surface area contributed by atoms with Gasteiger partial charge in [-0.05, 0) is 36.2 Å². The van der Waals surface area contributed by atoms with Crippen LogP contribution in [-0.2, 0) is 6.42 Å². The molecule has 1 aromatic heterocycles. The first-order valence-electron chi connectivity index (χ1n) is 5.52. The molecule has 0 bridgehead atoms. The minimum absolute atomic E-state index is 0.406. The molecule has 0 saturated heterocycles. The van der Waals surface area contributed by atoms with Gasteiger partial charge in [0.2, 0.25) is 0 Å². The summed E-state index contributed by atoms with van der Waals surface area (Å²) < 4.78 is 0. The Labute approximate surface area is 106 Å². The molecule has 2 rings (SSSR count). The van der Waals surface area contributed by atoms with Crippen LogP contribution in [0.2, 0.25) is 5.15 Å². The minimum Gasteiger partial charge on any atom is -0.328 e. The topological polar surface area (TPSA) is 29.0 Å². The van der Waals surface area contributed by atoms with Crippen LogP contribution in [0.3, 0.4) is 0 Å². The van der Waals surface area contributed by atoms with Crippen molar-refractivity contribution >= 4 is 23.1 Å². The van der Waals surface area contributed by atoms with Crippen molar-refractivity contribution in [2.45, 2.75) is 13.3 Å². The monoisotopic (exact) mass is 247 g/mol. The van der Waals surface area contributed by atoms with Gasteiger partial charge in [-0.15, -0.1) is 10.2 Å². The zero-order valence-corrected chi connectivity index (χ0v) is 10.6. The third-order valence-corrected chi connectivity index (χ3v) is 2.90. The molecule has 0 aliphatic heterocycles. The molecule has 0 aliphatic rings. The number of nitrogens with zero attached hydrogens (tertiary/aromatic N) is 3. The average Bonchev–Trinajstić information content (AvgIpc) is 2.39. The molecule has 4 heteroatoms. The third kappa shape index (κ3) is 2.74. The van der Waals surface area contributed by atoms with Gasteiger partial charge in [0.05, 0.1) is 0 Å². The zero-order chi connectivity index (χ0) is 12.3. The second kappa shape index (κ2) is 5.15. The summed E-state index contributed by atoms with van der Waals surface area (Å²) in [6.07, 6.45) is 1.05. The molecule has 0 amide bonds. The highest BCUT2D eigenvalue weighted by atomic mass is 35.5. The standard InChI is InChI=1S/C13H14ClN3/c1-3-10-4-6-11(7-5-10)17(2)13-9-8-12(14)15-16-13/h4-9H,3H2,1-2H3. The molecule has 1 aromatic carbocycles. The summed E-state index contributed by atoms with van der Waals surface area (Å²) in [6, 6.07) is 12.0. The number of anilines is 2. The Kier molecular flexibility index (Phi) is 3.59. The van der Waals surface area contributed by atoms with Gasteiger partial charge in [-0.3, -0.25) is 0 Å². The molecular weight excluding hydrogens is 234 g/mol. The van der Waals surface area contributed by atoms with E-state index >= 15 is 0 Å². The van der Waals surface area contributed by atoms with Crippen LogP contribution in [-0.4, -0.2) is 17.2 Å². The van der Waals surface area contributed by atoms with Crippen molar-refractivity contribution < 1.29 is 0 Å². The number of halogens is 1. The molecule has 0 radical (unpaired) electrons. The molecule has 0 unspecified atom stereocenters. The Morgan fingerprint density at radius 3 is 2.29 bits per heavy atom. The van der Waals surface area contributed by atoms with E-state index in [1.165, 1.54) is 5.56 Å². The molecule has 0 saturated carbocycles. The lowest BCUT2D eigenvalue weighted by molar-refractivity contribution is 0.987. The summed E-state index contributed by atoms with van der Waals surface area (Å²) in [5, 5.41) is 8.28. The van der Waals surface area contributed by atoms with Crippen LogP contribution in [0.4, 0.5) is 11.5 Å². The second-order valence-electron chi connectivity index (χ2n) is 3.79. The number of hydrogen-bond acceptors (Lipinski definition) is 3. The predicted molar refractivity (Wildman–Crippen MR) is 70.9 cm³/mol. The van der Waals surface area contributed by atoms with Gasteiger partial charge >= 0.3 is 0 Å². The van der Waals surface area contributed by atoms with Crippen molar-refractivity contribution in [1.82, 2.24) is 10.2 Å². The fraction of sp³-hybridized carbons (Fsp3) is 0.231. The fourth-order valence-electron chi connectivity index (χ4n) is 1.58. The van der Waals surface area contributed by atoms with E-state index in [-0.39, 0.29) is 0 Å². The predicted octanol–water partition coefficient (Wildman–Crippen LogP) is 3.46. The van der Waals surface area contributed by atoms with Gasteiger partial charge in [-0.25, -0.2) is 0 Å². The van der Waals surface area contributed by atoms with Gasteiger partial charge in [0, 0.05) is 12.7 Å². The molecule has 0 aliphatic carbocycles. The van der Waals surface area contributed by atoms with Gasteiger partial charge in [-0.1, -0.05) is 30.7 Å². The van der Waals surface area contributed by atoms with Gasteiger partial charge in [-0.2, -0.15) is 0 Å². The molecule has 88 valence electrons. The SMILES string of the molecule is CCc1ccc(N(C)c2ccc(Cl)nn2)cc1. The van der Waals surface area contributed by atoms with Crippen LogP contribution in [0.15, 0.2) is 36.4 Å². The second-order valence-corrected chi connectivity index (χ2v) is 4.18. The maximum Gasteiger partial charge on any atom is 0.155 e. The maximum absolute atomic E-state index is 5.71. The summed E-state index contributed by atoms with van der Waals surface area (Å²) >= 11 is 5.71. The van der Waals surface area contributed by atoms with Gasteiger partial charge in [0.1, 0.15) is 0 Å². The highest BCUT2D eigenvalue weighted by Gasteiger charge is 2.05. The van der Waals surface area contributed by atoms with E-state index < -0.39 is 0 Å². The summed E-state index contributed by atoms with van der Waals surface area (Å²) in [7, 11) is 1.96. The van der Waals surface area contributed by atoms with Crippen LogP contribution in [0.5, 0.6) is 0 Å². The lowest BCUT2D eigenvalue weighted by atomic mass is 10.1. The van der Waals surface area contributed by atoms with E-state index in [9.17, 15) is 0 Å². The van der Waals surface area contributed by atoms with E-state index in [2.05, 4.69) is 41.4 Å². The number of rotatable bonds is 3. The van der Waals surface area contributed by atoms with E-state index in [1.807, 2.05) is 18.0 Å². The number of benzene rings is 1. The van der Waals surface area contributed by atoms with Crippen LogP contribution in [0, 0.1) is 0 Å². The molecule has 2 aromatic rings. The van der Waals surface area contributed by atoms with Crippen LogP contribution >= 0.6 is 11.6 Å². The third-order valence-electron chi connectivity index (χ3n) is 2.69. The van der Waals surface area contributed by atoms with Crippen molar-refractivity contribution in [3.8, 4) is 0 Å². The lowest BCUT2D eigenvalue weighted by Crippen LogP contribution is -2.11. The van der Waals surface area contributed by atoms with E-state index in [4.69, 9.17) is 11.6 Å². The Morgan fingerprint density at radius 2 is 1.76 bits per heavy atom. The normalized spacial score (nSPS) is 10.3. The quantitative estimate of drug-likeness (QED) is 0.832. The van der Waals surface area contributed by atoms with Crippen molar-refractivity contribution in [1.29, 1.82) is 0 Å². The van der Waals surface area contributed by atoms with Crippen LogP contribution in [0.25, 0.3) is 0 Å². The molecule has 17 heavy (non-hydrogen) atoms. The Hall–Kier alpha value is -1.61. The molecule has 1 heterocycles. The average molecular weight is 248 g/mol. The summed E-state index contributed by atoms with van der Waals surface area (Å²) in [4.78, 5) is 1.97. The summed E-state index contributed by atoms with van der Waals surface area (Å²) in [6.45, 7) is 2.14. The first-order chi connectivity index (χ1) is 8.20. The van der Waals surface area contributed by atoms with Gasteiger partial charge in [0.25, 0.3) is 0 Å². The Balaban J connectivity index is 2.23. The first kappa shape index (κ1) is 11.9. The van der Waals surface area contributed by atoms with Crippen LogP contribution in [0.1, 0.15) is 12.5 Å². The fourth-order valence-corrected chi connectivity index (χ4v) is 1.68. The smallest absolute Gasteiger partial charge is 0.155 e. The maximum atomic E-state index is 5.71. The van der Waals surface area contributed by atoms with E-state index in [1.54, 1.807) is 6.07 Å². The van der Waals surface area contributed by atoms with Crippen molar-refractivity contribution in [3.05, 3.63) is 47.1 Å². The lowest BCUT2D eigenvalue weighted by Gasteiger charge is -2.17. The Morgan fingerprint density at radius 1 is 1.06 bits per heavy atom. The van der Waals surface area contributed by atoms with Gasteiger partial charge < -0.3 is 4.90 Å². The first-order valence-corrected chi connectivity index (χ1v) is 5.90. The number of aryl methyl sites for hydroxylation is 1. The highest BCUT2D eigenvalue weighted by molar-refractivity contribution is 6.29. The van der Waals surface area contributed by atoms with Gasteiger partial charge in [0.15, 0.2) is 11.0 Å². The number of hydrogen-bond donors (Lipinski definition) is 0. The molecule has 0 fully saturated rings. The summed E-state index contributed by atoms with van der Waals surface area (Å²) in [5.41, 5.74) is 2.41. The van der Waals surface area contributed by atoms with E-state index in [0.29, 0.717) is 5.15 Å². The number of aromatic nitrogens is 2. The summed E-state index contributed by atoms with van der Waals surface area (Å²) in [5.74, 6) is 0.777. The largest absolute Gasteiger partial charge is 0.328 e. The van der Waals surface area contributed by atoms with E-state index in [0.717, 1.165) is 17.9 Å². The van der Waals surface area contributed by atoms with Crippen molar-refractivity contribution in [3.63, 3.8) is 0 Å². The van der Waals surface area contributed by atoms with Crippen molar-refractivity contribution in [2.24, 2.45) is 0 Å². The molecular formula is C13H14ClN3. The molecule has 0 atom stereocenters. The van der Waals surface area contributed by atoms with Crippen molar-refractivity contribution in [2.75, 3.05) is 11.9 Å².